The Morgan fingerprint density at radius 1 is 1.62 bits per heavy atom. The molecule has 3 nitrogen and oxygen atoms in total. The van der Waals surface area contributed by atoms with Gasteiger partial charge in [-0.3, -0.25) is 4.68 Å². The summed E-state index contributed by atoms with van der Waals surface area (Å²) in [5.41, 5.74) is 1.76. The van der Waals surface area contributed by atoms with E-state index in [-0.39, 0.29) is 5.92 Å². The van der Waals surface area contributed by atoms with Gasteiger partial charge in [0.25, 0.3) is 0 Å². The van der Waals surface area contributed by atoms with Crippen LogP contribution < -0.4 is 0 Å². The van der Waals surface area contributed by atoms with Gasteiger partial charge in [0.2, 0.25) is 0 Å². The normalized spacial score (nSPS) is 12.5. The summed E-state index contributed by atoms with van der Waals surface area (Å²) in [6.07, 6.45) is 0. The van der Waals surface area contributed by atoms with Crippen LogP contribution in [0.2, 0.25) is 5.02 Å². The van der Waals surface area contributed by atoms with Crippen molar-refractivity contribution in [2.75, 3.05) is 0 Å². The molecule has 0 aliphatic rings. The summed E-state index contributed by atoms with van der Waals surface area (Å²) in [7, 11) is 0. The van der Waals surface area contributed by atoms with Crippen molar-refractivity contribution < 1.29 is 0 Å². The molecule has 1 unspecified atom stereocenters. The standard InChI is InChI=1S/C9H12ClN3/c1-6(4-11)5-13-8(3)9(10)7(2)12-13/h6H,5H2,1-3H3. The summed E-state index contributed by atoms with van der Waals surface area (Å²) in [6.45, 7) is 6.25. The van der Waals surface area contributed by atoms with Crippen LogP contribution in [-0.2, 0) is 6.54 Å². The van der Waals surface area contributed by atoms with Crippen LogP contribution in [0.3, 0.4) is 0 Å². The van der Waals surface area contributed by atoms with Crippen LogP contribution in [0.5, 0.6) is 0 Å². The van der Waals surface area contributed by atoms with Crippen molar-refractivity contribution in [2.24, 2.45) is 5.92 Å². The first kappa shape index (κ1) is 10.1. The van der Waals surface area contributed by atoms with Gasteiger partial charge in [-0.15, -0.1) is 0 Å². The fourth-order valence-electron chi connectivity index (χ4n) is 1.15. The number of nitriles is 1. The van der Waals surface area contributed by atoms with Crippen molar-refractivity contribution in [3.05, 3.63) is 16.4 Å². The monoisotopic (exact) mass is 197 g/mol. The van der Waals surface area contributed by atoms with Crippen molar-refractivity contribution in [3.63, 3.8) is 0 Å². The lowest BCUT2D eigenvalue weighted by Gasteiger charge is -2.04. The maximum absolute atomic E-state index is 8.64. The Hall–Kier alpha value is -1.01. The fraction of sp³-hybridized carbons (Fsp3) is 0.556. The second kappa shape index (κ2) is 3.80. The van der Waals surface area contributed by atoms with Gasteiger partial charge in [0.05, 0.1) is 34.9 Å². The van der Waals surface area contributed by atoms with Crippen molar-refractivity contribution in [1.82, 2.24) is 9.78 Å². The van der Waals surface area contributed by atoms with E-state index in [0.717, 1.165) is 11.4 Å². The molecule has 1 atom stereocenters. The van der Waals surface area contributed by atoms with Gasteiger partial charge in [-0.1, -0.05) is 11.6 Å². The molecule has 1 aromatic heterocycles. The molecule has 13 heavy (non-hydrogen) atoms. The number of aromatic nitrogens is 2. The molecule has 1 heterocycles. The van der Waals surface area contributed by atoms with Crippen molar-refractivity contribution in [2.45, 2.75) is 27.3 Å². The topological polar surface area (TPSA) is 41.6 Å². The van der Waals surface area contributed by atoms with E-state index in [1.807, 2.05) is 20.8 Å². The Kier molecular flexibility index (Phi) is 2.94. The molecule has 1 aromatic rings. The summed E-state index contributed by atoms with van der Waals surface area (Å²) < 4.78 is 1.78. The van der Waals surface area contributed by atoms with Gasteiger partial charge in [-0.05, 0) is 20.8 Å². The zero-order chi connectivity index (χ0) is 10.0. The molecule has 0 saturated carbocycles. The number of aryl methyl sites for hydroxylation is 1. The van der Waals surface area contributed by atoms with E-state index in [2.05, 4.69) is 11.2 Å². The van der Waals surface area contributed by atoms with Crippen LogP contribution in [0.25, 0.3) is 0 Å². The van der Waals surface area contributed by atoms with E-state index in [1.165, 1.54) is 0 Å². The van der Waals surface area contributed by atoms with Crippen molar-refractivity contribution in [1.29, 1.82) is 5.26 Å². The van der Waals surface area contributed by atoms with Gasteiger partial charge in [-0.25, -0.2) is 0 Å². The van der Waals surface area contributed by atoms with Crippen LogP contribution in [0, 0.1) is 31.1 Å². The molecular weight excluding hydrogens is 186 g/mol. The van der Waals surface area contributed by atoms with E-state index >= 15 is 0 Å². The molecule has 0 aliphatic carbocycles. The van der Waals surface area contributed by atoms with E-state index in [0.29, 0.717) is 11.6 Å². The van der Waals surface area contributed by atoms with Crippen LogP contribution in [-0.4, -0.2) is 9.78 Å². The maximum atomic E-state index is 8.64. The molecule has 0 fully saturated rings. The first-order valence-electron chi connectivity index (χ1n) is 4.15. The zero-order valence-electron chi connectivity index (χ0n) is 8.00. The first-order valence-corrected chi connectivity index (χ1v) is 4.53. The van der Waals surface area contributed by atoms with E-state index in [9.17, 15) is 0 Å². The van der Waals surface area contributed by atoms with Crippen LogP contribution >= 0.6 is 11.6 Å². The quantitative estimate of drug-likeness (QED) is 0.730. The van der Waals surface area contributed by atoms with Gasteiger partial charge in [-0.2, -0.15) is 10.4 Å². The smallest absolute Gasteiger partial charge is 0.0844 e. The highest BCUT2D eigenvalue weighted by Gasteiger charge is 2.10. The summed E-state index contributed by atoms with van der Waals surface area (Å²) in [5, 5.41) is 13.6. The van der Waals surface area contributed by atoms with Gasteiger partial charge >= 0.3 is 0 Å². The number of rotatable bonds is 2. The predicted molar refractivity (Wildman–Crippen MR) is 51.5 cm³/mol. The minimum Gasteiger partial charge on any atom is -0.267 e. The molecule has 0 spiro atoms. The van der Waals surface area contributed by atoms with Crippen LogP contribution in [0.4, 0.5) is 0 Å². The van der Waals surface area contributed by atoms with Crippen molar-refractivity contribution in [3.8, 4) is 6.07 Å². The molecule has 0 N–H and O–H groups in total. The Bertz CT molecular complexity index is 348. The Morgan fingerprint density at radius 2 is 2.23 bits per heavy atom. The molecule has 0 bridgehead atoms. The summed E-state index contributed by atoms with van der Waals surface area (Å²) >= 11 is 5.96. The third-order valence-electron chi connectivity index (χ3n) is 1.96. The lowest BCUT2D eigenvalue weighted by Crippen LogP contribution is -2.08. The molecular formula is C9H12ClN3. The number of hydrogen-bond acceptors (Lipinski definition) is 2. The second-order valence-electron chi connectivity index (χ2n) is 3.20. The lowest BCUT2D eigenvalue weighted by atomic mass is 10.2. The average Bonchev–Trinajstić information content (AvgIpc) is 2.34. The number of nitrogens with zero attached hydrogens (tertiary/aromatic N) is 3. The van der Waals surface area contributed by atoms with Gasteiger partial charge in [0.1, 0.15) is 0 Å². The largest absolute Gasteiger partial charge is 0.267 e. The number of halogens is 1. The third-order valence-corrected chi connectivity index (χ3v) is 2.51. The lowest BCUT2D eigenvalue weighted by molar-refractivity contribution is 0.515. The first-order chi connectivity index (χ1) is 6.06. The molecule has 0 radical (unpaired) electrons. The Balaban J connectivity index is 2.91. The van der Waals surface area contributed by atoms with E-state index < -0.39 is 0 Å². The van der Waals surface area contributed by atoms with Gasteiger partial charge in [0.15, 0.2) is 0 Å². The molecule has 0 saturated heterocycles. The highest BCUT2D eigenvalue weighted by atomic mass is 35.5. The van der Waals surface area contributed by atoms with Gasteiger partial charge in [0, 0.05) is 0 Å². The summed E-state index contributed by atoms with van der Waals surface area (Å²) in [5.74, 6) is -0.0333. The van der Waals surface area contributed by atoms with Crippen LogP contribution in [0.15, 0.2) is 0 Å². The van der Waals surface area contributed by atoms with Crippen LogP contribution in [0.1, 0.15) is 18.3 Å². The maximum Gasteiger partial charge on any atom is 0.0844 e. The summed E-state index contributed by atoms with van der Waals surface area (Å²) in [6, 6.07) is 2.17. The Labute approximate surface area is 82.9 Å². The van der Waals surface area contributed by atoms with E-state index in [1.54, 1.807) is 4.68 Å². The van der Waals surface area contributed by atoms with E-state index in [4.69, 9.17) is 16.9 Å². The predicted octanol–water partition coefficient (Wildman–Crippen LogP) is 2.31. The highest BCUT2D eigenvalue weighted by Crippen LogP contribution is 2.19. The molecule has 0 aromatic carbocycles. The van der Waals surface area contributed by atoms with Crippen molar-refractivity contribution >= 4 is 11.6 Å². The fourth-order valence-corrected chi connectivity index (χ4v) is 1.29. The minimum atomic E-state index is -0.0333. The molecule has 0 amide bonds. The molecule has 70 valence electrons. The number of hydrogen-bond donors (Lipinski definition) is 0. The minimum absolute atomic E-state index is 0.0333. The summed E-state index contributed by atoms with van der Waals surface area (Å²) in [4.78, 5) is 0. The zero-order valence-corrected chi connectivity index (χ0v) is 8.76. The molecule has 1 rings (SSSR count). The molecule has 0 aliphatic heterocycles. The molecule has 4 heteroatoms. The highest BCUT2D eigenvalue weighted by molar-refractivity contribution is 6.31. The second-order valence-corrected chi connectivity index (χ2v) is 3.58. The average molecular weight is 198 g/mol. The SMILES string of the molecule is Cc1nn(CC(C)C#N)c(C)c1Cl. The Morgan fingerprint density at radius 3 is 2.62 bits per heavy atom. The third kappa shape index (κ3) is 2.02. The van der Waals surface area contributed by atoms with Gasteiger partial charge < -0.3 is 0 Å².